The smallest absolute Gasteiger partial charge is 0.220 e. The summed E-state index contributed by atoms with van der Waals surface area (Å²) in [7, 11) is 0. The molecule has 0 spiro atoms. The Kier molecular flexibility index (Phi) is 3.69. The van der Waals surface area contributed by atoms with Crippen LogP contribution in [0.15, 0.2) is 18.2 Å². The Labute approximate surface area is 96.9 Å². The molecule has 0 saturated heterocycles. The second kappa shape index (κ2) is 5.00. The number of alkyl halides is 1. The number of carbonyl (C=O) groups is 2. The Balaban J connectivity index is 3.35. The van der Waals surface area contributed by atoms with Crippen LogP contribution in [0.1, 0.15) is 28.4 Å². The van der Waals surface area contributed by atoms with Crippen molar-refractivity contribution in [1.29, 1.82) is 10.5 Å². The van der Waals surface area contributed by atoms with Crippen LogP contribution in [0.3, 0.4) is 0 Å². The Morgan fingerprint density at radius 1 is 1.29 bits per heavy atom. The molecule has 4 nitrogen and oxygen atoms in total. The van der Waals surface area contributed by atoms with Gasteiger partial charge in [0.15, 0.2) is 5.78 Å². The molecule has 1 unspecified atom stereocenters. The van der Waals surface area contributed by atoms with Gasteiger partial charge < -0.3 is 0 Å². The lowest BCUT2D eigenvalue weighted by Gasteiger charge is -2.06. The lowest BCUT2D eigenvalue weighted by Crippen LogP contribution is -2.24. The third-order valence-electron chi connectivity index (χ3n) is 2.15. The minimum absolute atomic E-state index is 0.0193. The summed E-state index contributed by atoms with van der Waals surface area (Å²) in [6, 6.07) is 7.32. The molecule has 0 aliphatic heterocycles. The molecule has 0 amide bonds. The lowest BCUT2D eigenvalue weighted by molar-refractivity contribution is -0.120. The minimum Gasteiger partial charge on any atom is -0.296 e. The first kappa shape index (κ1) is 12.5. The van der Waals surface area contributed by atoms with Crippen molar-refractivity contribution in [2.24, 2.45) is 0 Å². The van der Waals surface area contributed by atoms with E-state index in [1.807, 2.05) is 0 Å². The van der Waals surface area contributed by atoms with Crippen molar-refractivity contribution in [3.8, 4) is 12.1 Å². The van der Waals surface area contributed by atoms with Crippen LogP contribution in [-0.2, 0) is 4.79 Å². The molecule has 0 heterocycles. The summed E-state index contributed by atoms with van der Waals surface area (Å²) in [4.78, 5) is 22.3. The van der Waals surface area contributed by atoms with Crippen LogP contribution in [0.4, 0.5) is 4.39 Å². The summed E-state index contributed by atoms with van der Waals surface area (Å²) in [6.07, 6.45) is -2.30. The highest BCUT2D eigenvalue weighted by Crippen LogP contribution is 2.16. The second-order valence-electron chi connectivity index (χ2n) is 3.29. The zero-order valence-electron chi connectivity index (χ0n) is 8.90. The fraction of sp³-hybridized carbons (Fsp3) is 0.167. The van der Waals surface area contributed by atoms with E-state index in [1.54, 1.807) is 12.1 Å². The van der Waals surface area contributed by atoms with Crippen molar-refractivity contribution in [2.75, 3.05) is 0 Å². The van der Waals surface area contributed by atoms with Gasteiger partial charge >= 0.3 is 0 Å². The van der Waals surface area contributed by atoms with Gasteiger partial charge in [0, 0.05) is 5.56 Å². The number of Topliss-reactive ketones (excluding diaryl/α,β-unsaturated/α-hetero) is 2. The Morgan fingerprint density at radius 3 is 2.41 bits per heavy atom. The average molecular weight is 230 g/mol. The maximum Gasteiger partial charge on any atom is 0.220 e. The Hall–Kier alpha value is -2.53. The number of hydrogen-bond donors (Lipinski definition) is 0. The third-order valence-corrected chi connectivity index (χ3v) is 2.15. The molecule has 1 aromatic rings. The van der Waals surface area contributed by atoms with E-state index < -0.39 is 17.7 Å². The summed E-state index contributed by atoms with van der Waals surface area (Å²) in [5.74, 6) is -2.02. The van der Waals surface area contributed by atoms with Crippen molar-refractivity contribution in [3.63, 3.8) is 0 Å². The lowest BCUT2D eigenvalue weighted by atomic mass is 9.96. The van der Waals surface area contributed by atoms with Gasteiger partial charge in [-0.2, -0.15) is 10.5 Å². The highest BCUT2D eigenvalue weighted by atomic mass is 19.1. The van der Waals surface area contributed by atoms with Gasteiger partial charge in [-0.3, -0.25) is 9.59 Å². The van der Waals surface area contributed by atoms with Gasteiger partial charge in [0.05, 0.1) is 11.1 Å². The number of rotatable bonds is 3. The molecule has 1 atom stereocenters. The highest BCUT2D eigenvalue weighted by Gasteiger charge is 2.26. The predicted octanol–water partition coefficient (Wildman–Crippen LogP) is 1.54. The van der Waals surface area contributed by atoms with Crippen LogP contribution in [0.25, 0.3) is 0 Å². The van der Waals surface area contributed by atoms with Crippen LogP contribution >= 0.6 is 0 Å². The molecule has 0 bridgehead atoms. The first-order valence-corrected chi connectivity index (χ1v) is 4.65. The van der Waals surface area contributed by atoms with Gasteiger partial charge in [0.1, 0.15) is 12.1 Å². The first-order valence-electron chi connectivity index (χ1n) is 4.65. The van der Waals surface area contributed by atoms with Crippen molar-refractivity contribution in [3.05, 3.63) is 34.9 Å². The van der Waals surface area contributed by atoms with Gasteiger partial charge in [-0.15, -0.1) is 0 Å². The Morgan fingerprint density at radius 2 is 1.94 bits per heavy atom. The van der Waals surface area contributed by atoms with E-state index in [1.165, 1.54) is 18.2 Å². The average Bonchev–Trinajstić information content (AvgIpc) is 2.35. The SMILES string of the molecule is CC(=O)C(F)C(=O)c1cccc(C#N)c1C#N. The molecule has 17 heavy (non-hydrogen) atoms. The van der Waals surface area contributed by atoms with Gasteiger partial charge in [-0.05, 0) is 19.1 Å². The maximum atomic E-state index is 13.3. The van der Waals surface area contributed by atoms with Crippen molar-refractivity contribution >= 4 is 11.6 Å². The van der Waals surface area contributed by atoms with Gasteiger partial charge in [0.25, 0.3) is 0 Å². The summed E-state index contributed by atoms with van der Waals surface area (Å²) in [5.41, 5.74) is -0.466. The van der Waals surface area contributed by atoms with Crippen molar-refractivity contribution in [2.45, 2.75) is 13.1 Å². The van der Waals surface area contributed by atoms with Gasteiger partial charge in [0.2, 0.25) is 12.0 Å². The molecule has 0 aliphatic rings. The third kappa shape index (κ3) is 2.35. The fourth-order valence-corrected chi connectivity index (χ4v) is 1.29. The number of carbonyl (C=O) groups excluding carboxylic acids is 2. The van der Waals surface area contributed by atoms with E-state index in [2.05, 4.69) is 0 Å². The van der Waals surface area contributed by atoms with Crippen LogP contribution < -0.4 is 0 Å². The molecule has 0 fully saturated rings. The van der Waals surface area contributed by atoms with Crippen LogP contribution in [0.2, 0.25) is 0 Å². The number of halogens is 1. The summed E-state index contributed by atoms with van der Waals surface area (Å²) in [5, 5.41) is 17.6. The molecule has 0 saturated carbocycles. The summed E-state index contributed by atoms with van der Waals surface area (Å²) < 4.78 is 13.3. The van der Waals surface area contributed by atoms with Crippen molar-refractivity contribution < 1.29 is 14.0 Å². The molecular formula is C12H7FN2O2. The highest BCUT2D eigenvalue weighted by molar-refractivity contribution is 6.13. The zero-order chi connectivity index (χ0) is 13.0. The van der Waals surface area contributed by atoms with E-state index >= 15 is 0 Å². The quantitative estimate of drug-likeness (QED) is 0.582. The topological polar surface area (TPSA) is 81.7 Å². The second-order valence-corrected chi connectivity index (χ2v) is 3.29. The summed E-state index contributed by atoms with van der Waals surface area (Å²) in [6.45, 7) is 0.947. The monoisotopic (exact) mass is 230 g/mol. The molecule has 84 valence electrons. The molecule has 0 N–H and O–H groups in total. The van der Waals surface area contributed by atoms with E-state index in [9.17, 15) is 14.0 Å². The zero-order valence-corrected chi connectivity index (χ0v) is 8.90. The number of ketones is 2. The number of benzene rings is 1. The number of hydrogen-bond acceptors (Lipinski definition) is 4. The maximum absolute atomic E-state index is 13.3. The van der Waals surface area contributed by atoms with Crippen LogP contribution in [-0.4, -0.2) is 17.7 Å². The standard InChI is InChI=1S/C12H7FN2O2/c1-7(16)11(13)12(17)9-4-2-3-8(5-14)10(9)6-15/h2-4,11H,1H3. The van der Waals surface area contributed by atoms with Crippen LogP contribution in [0.5, 0.6) is 0 Å². The summed E-state index contributed by atoms with van der Waals surface area (Å²) >= 11 is 0. The first-order chi connectivity index (χ1) is 8.02. The molecule has 5 heteroatoms. The van der Waals surface area contributed by atoms with Gasteiger partial charge in [-0.25, -0.2) is 4.39 Å². The molecule has 1 aromatic carbocycles. The molecule has 1 rings (SSSR count). The molecule has 0 aliphatic carbocycles. The normalized spacial score (nSPS) is 11.1. The Bertz CT molecular complexity index is 567. The van der Waals surface area contributed by atoms with E-state index in [0.29, 0.717) is 0 Å². The van der Waals surface area contributed by atoms with Crippen LogP contribution in [0, 0.1) is 22.7 Å². The largest absolute Gasteiger partial charge is 0.296 e. The van der Waals surface area contributed by atoms with Crippen molar-refractivity contribution in [1.82, 2.24) is 0 Å². The number of nitriles is 2. The minimum atomic E-state index is -2.30. The molecule has 0 aromatic heterocycles. The predicted molar refractivity (Wildman–Crippen MR) is 55.8 cm³/mol. The molecule has 0 radical (unpaired) electrons. The van der Waals surface area contributed by atoms with E-state index in [-0.39, 0.29) is 16.7 Å². The van der Waals surface area contributed by atoms with E-state index in [4.69, 9.17) is 10.5 Å². The van der Waals surface area contributed by atoms with E-state index in [0.717, 1.165) is 6.92 Å². The molecular weight excluding hydrogens is 223 g/mol. The van der Waals surface area contributed by atoms with Gasteiger partial charge in [-0.1, -0.05) is 6.07 Å². The number of nitrogens with zero attached hydrogens (tertiary/aromatic N) is 2. The fourth-order valence-electron chi connectivity index (χ4n) is 1.29.